The van der Waals surface area contributed by atoms with Gasteiger partial charge in [-0.1, -0.05) is 6.42 Å². The Bertz CT molecular complexity index is 544. The molecule has 0 aromatic heterocycles. The molecule has 1 fully saturated rings. The lowest BCUT2D eigenvalue weighted by Gasteiger charge is -2.40. The topological polar surface area (TPSA) is 55.8 Å². The molecule has 4 heteroatoms. The average Bonchev–Trinajstić information content (AvgIpc) is 2.33. The van der Waals surface area contributed by atoms with Gasteiger partial charge in [-0.15, -0.1) is 0 Å². The Morgan fingerprint density at radius 3 is 2.47 bits per heavy atom. The molecule has 0 bridgehead atoms. The van der Waals surface area contributed by atoms with E-state index in [0.717, 1.165) is 28.9 Å². The molecule has 19 heavy (non-hydrogen) atoms. The smallest absolute Gasteiger partial charge is 0.314 e. The summed E-state index contributed by atoms with van der Waals surface area (Å²) >= 11 is 0. The van der Waals surface area contributed by atoms with E-state index in [-0.39, 0.29) is 0 Å². The number of ether oxygens (including phenoxy) is 2. The van der Waals surface area contributed by atoms with E-state index < -0.39 is 11.4 Å². The Morgan fingerprint density at radius 1 is 1.21 bits per heavy atom. The number of hydrogen-bond donors (Lipinski definition) is 1. The second-order valence-corrected chi connectivity index (χ2v) is 5.44. The minimum Gasteiger partial charge on any atom is -0.486 e. The summed E-state index contributed by atoms with van der Waals surface area (Å²) in [5.41, 5.74) is 2.20. The van der Waals surface area contributed by atoms with Crippen LogP contribution in [-0.4, -0.2) is 24.3 Å². The van der Waals surface area contributed by atoms with Gasteiger partial charge < -0.3 is 14.6 Å². The molecular weight excluding hydrogens is 244 g/mol. The highest BCUT2D eigenvalue weighted by molar-refractivity contribution is 5.84. The van der Waals surface area contributed by atoms with E-state index in [9.17, 15) is 9.90 Å². The summed E-state index contributed by atoms with van der Waals surface area (Å²) in [4.78, 5) is 11.7. The number of rotatable bonds is 2. The van der Waals surface area contributed by atoms with E-state index in [2.05, 4.69) is 0 Å². The first kappa shape index (κ1) is 12.3. The molecule has 1 aromatic rings. The molecule has 2 aliphatic rings. The Balaban J connectivity index is 2.17. The summed E-state index contributed by atoms with van der Waals surface area (Å²) < 4.78 is 11.3. The van der Waals surface area contributed by atoms with Crippen LogP contribution in [0.4, 0.5) is 0 Å². The SMILES string of the molecule is Cc1c(C2(C(=O)O)CCC2)cc2c(c1C)OCCO2. The van der Waals surface area contributed by atoms with Gasteiger partial charge in [0.25, 0.3) is 0 Å². The zero-order valence-electron chi connectivity index (χ0n) is 11.3. The number of carbonyl (C=O) groups is 1. The van der Waals surface area contributed by atoms with Crippen molar-refractivity contribution in [2.45, 2.75) is 38.5 Å². The highest BCUT2D eigenvalue weighted by Crippen LogP contribution is 2.49. The van der Waals surface area contributed by atoms with E-state index in [1.807, 2.05) is 19.9 Å². The molecule has 1 aliphatic heterocycles. The van der Waals surface area contributed by atoms with Crippen LogP contribution in [-0.2, 0) is 10.2 Å². The fourth-order valence-corrected chi connectivity index (χ4v) is 3.07. The van der Waals surface area contributed by atoms with Crippen molar-refractivity contribution in [2.75, 3.05) is 13.2 Å². The Kier molecular flexibility index (Phi) is 2.69. The molecule has 1 aromatic carbocycles. The van der Waals surface area contributed by atoms with Gasteiger partial charge in [0.1, 0.15) is 13.2 Å². The largest absolute Gasteiger partial charge is 0.486 e. The molecule has 0 spiro atoms. The van der Waals surface area contributed by atoms with Gasteiger partial charge in [-0.3, -0.25) is 4.79 Å². The molecule has 0 amide bonds. The van der Waals surface area contributed by atoms with E-state index >= 15 is 0 Å². The second-order valence-electron chi connectivity index (χ2n) is 5.44. The number of benzene rings is 1. The number of aliphatic carboxylic acids is 1. The molecule has 0 unspecified atom stereocenters. The van der Waals surface area contributed by atoms with Crippen LogP contribution in [0.25, 0.3) is 0 Å². The summed E-state index contributed by atoms with van der Waals surface area (Å²) in [5, 5.41) is 9.58. The van der Waals surface area contributed by atoms with Crippen molar-refractivity contribution in [3.63, 3.8) is 0 Å². The number of carboxylic acid groups (broad SMARTS) is 1. The molecule has 1 N–H and O–H groups in total. The minimum absolute atomic E-state index is 0.523. The Morgan fingerprint density at radius 2 is 1.89 bits per heavy atom. The predicted molar refractivity (Wildman–Crippen MR) is 70.1 cm³/mol. The molecule has 3 rings (SSSR count). The van der Waals surface area contributed by atoms with Crippen molar-refractivity contribution in [2.24, 2.45) is 0 Å². The van der Waals surface area contributed by atoms with Gasteiger partial charge in [0.2, 0.25) is 0 Å². The molecule has 1 saturated carbocycles. The Labute approximate surface area is 112 Å². The predicted octanol–water partition coefficient (Wildman–Crippen LogP) is 2.58. The lowest BCUT2D eigenvalue weighted by molar-refractivity contribution is -0.147. The van der Waals surface area contributed by atoms with Gasteiger partial charge >= 0.3 is 5.97 Å². The minimum atomic E-state index is -0.724. The zero-order chi connectivity index (χ0) is 13.6. The first-order valence-corrected chi connectivity index (χ1v) is 6.70. The lowest BCUT2D eigenvalue weighted by Crippen LogP contribution is -2.43. The molecule has 102 valence electrons. The van der Waals surface area contributed by atoms with Crippen molar-refractivity contribution in [3.8, 4) is 11.5 Å². The molecule has 1 aliphatic carbocycles. The van der Waals surface area contributed by atoms with E-state index in [0.29, 0.717) is 31.8 Å². The average molecular weight is 262 g/mol. The summed E-state index contributed by atoms with van der Waals surface area (Å²) in [6.07, 6.45) is 2.39. The van der Waals surface area contributed by atoms with Crippen LogP contribution >= 0.6 is 0 Å². The first-order chi connectivity index (χ1) is 9.06. The fourth-order valence-electron chi connectivity index (χ4n) is 3.07. The Hall–Kier alpha value is -1.71. The third-order valence-electron chi connectivity index (χ3n) is 4.53. The zero-order valence-corrected chi connectivity index (χ0v) is 11.3. The van der Waals surface area contributed by atoms with Crippen LogP contribution in [0, 0.1) is 13.8 Å². The van der Waals surface area contributed by atoms with Gasteiger partial charge in [-0.05, 0) is 49.4 Å². The lowest BCUT2D eigenvalue weighted by atomic mass is 9.63. The maximum Gasteiger partial charge on any atom is 0.314 e. The normalized spacial score (nSPS) is 19.7. The monoisotopic (exact) mass is 262 g/mol. The second kappa shape index (κ2) is 4.15. The number of fused-ring (bicyclic) bond motifs is 1. The van der Waals surface area contributed by atoms with Gasteiger partial charge in [-0.2, -0.15) is 0 Å². The van der Waals surface area contributed by atoms with Gasteiger partial charge in [-0.25, -0.2) is 0 Å². The molecule has 0 saturated heterocycles. The van der Waals surface area contributed by atoms with Crippen LogP contribution in [0.1, 0.15) is 36.0 Å². The van der Waals surface area contributed by atoms with E-state index in [4.69, 9.17) is 9.47 Å². The van der Waals surface area contributed by atoms with Crippen molar-refractivity contribution >= 4 is 5.97 Å². The maximum absolute atomic E-state index is 11.7. The summed E-state index contributed by atoms with van der Waals surface area (Å²) in [6, 6.07) is 1.88. The third-order valence-corrected chi connectivity index (χ3v) is 4.53. The van der Waals surface area contributed by atoms with Gasteiger partial charge in [0.05, 0.1) is 5.41 Å². The fraction of sp³-hybridized carbons (Fsp3) is 0.533. The van der Waals surface area contributed by atoms with E-state index in [1.54, 1.807) is 0 Å². The van der Waals surface area contributed by atoms with Crippen LogP contribution in [0.2, 0.25) is 0 Å². The van der Waals surface area contributed by atoms with E-state index in [1.165, 1.54) is 0 Å². The first-order valence-electron chi connectivity index (χ1n) is 6.70. The quantitative estimate of drug-likeness (QED) is 0.890. The third kappa shape index (κ3) is 1.62. The molecule has 0 radical (unpaired) electrons. The molecular formula is C15H18O4. The summed E-state index contributed by atoms with van der Waals surface area (Å²) in [7, 11) is 0. The van der Waals surface area contributed by atoms with Gasteiger partial charge in [0.15, 0.2) is 11.5 Å². The highest BCUT2D eigenvalue weighted by Gasteiger charge is 2.47. The molecule has 0 atom stereocenters. The van der Waals surface area contributed by atoms with Crippen molar-refractivity contribution in [1.29, 1.82) is 0 Å². The van der Waals surface area contributed by atoms with Crippen molar-refractivity contribution < 1.29 is 19.4 Å². The number of hydrogen-bond acceptors (Lipinski definition) is 3. The molecule has 4 nitrogen and oxygen atoms in total. The standard InChI is InChI=1S/C15H18O4/c1-9-10(2)13-12(18-6-7-19-13)8-11(9)15(14(16)17)4-3-5-15/h8H,3-7H2,1-2H3,(H,16,17). The van der Waals surface area contributed by atoms with Crippen molar-refractivity contribution in [1.82, 2.24) is 0 Å². The van der Waals surface area contributed by atoms with Crippen LogP contribution < -0.4 is 9.47 Å². The maximum atomic E-state index is 11.7. The summed E-state index contributed by atoms with van der Waals surface area (Å²) in [5.74, 6) is 0.738. The van der Waals surface area contributed by atoms with Gasteiger partial charge in [0, 0.05) is 0 Å². The number of carboxylic acids is 1. The summed E-state index contributed by atoms with van der Waals surface area (Å²) in [6.45, 7) is 5.03. The highest BCUT2D eigenvalue weighted by atomic mass is 16.6. The van der Waals surface area contributed by atoms with Crippen LogP contribution in [0.3, 0.4) is 0 Å². The van der Waals surface area contributed by atoms with Crippen LogP contribution in [0.15, 0.2) is 6.07 Å². The van der Waals surface area contributed by atoms with Crippen molar-refractivity contribution in [3.05, 3.63) is 22.8 Å². The van der Waals surface area contributed by atoms with Crippen LogP contribution in [0.5, 0.6) is 11.5 Å². The molecule has 1 heterocycles.